The fourth-order valence-electron chi connectivity index (χ4n) is 1.84. The van der Waals surface area contributed by atoms with Crippen molar-refractivity contribution in [2.24, 2.45) is 0 Å². The Kier molecular flexibility index (Phi) is 4.18. The fourth-order valence-corrected chi connectivity index (χ4v) is 2.08. The second-order valence-electron chi connectivity index (χ2n) is 4.30. The first kappa shape index (κ1) is 12.9. The van der Waals surface area contributed by atoms with Crippen LogP contribution in [0.15, 0.2) is 42.6 Å². The monoisotopic (exact) mass is 261 g/mol. The summed E-state index contributed by atoms with van der Waals surface area (Å²) in [6.07, 6.45) is 1.80. The average Bonchev–Trinajstić information content (AvgIpc) is 2.35. The average molecular weight is 262 g/mol. The minimum atomic E-state index is 0.710. The molecule has 4 heteroatoms. The van der Waals surface area contributed by atoms with Crippen molar-refractivity contribution in [3.05, 3.63) is 58.9 Å². The lowest BCUT2D eigenvalue weighted by molar-refractivity contribution is 0.315. The molecule has 0 bridgehead atoms. The number of benzene rings is 1. The van der Waals surface area contributed by atoms with Crippen LogP contribution in [0.4, 0.5) is 5.69 Å². The predicted molar refractivity (Wildman–Crippen MR) is 75.3 cm³/mol. The number of anilines is 1. The molecule has 0 saturated carbocycles. The van der Waals surface area contributed by atoms with Crippen molar-refractivity contribution in [1.29, 1.82) is 0 Å². The summed E-state index contributed by atoms with van der Waals surface area (Å²) in [6.45, 7) is 1.48. The van der Waals surface area contributed by atoms with Gasteiger partial charge in [0.15, 0.2) is 0 Å². The molecule has 0 fully saturated rings. The maximum absolute atomic E-state index is 6.15. The molecule has 3 nitrogen and oxygen atoms in total. The number of nitrogen functional groups attached to an aromatic ring is 1. The Balaban J connectivity index is 2.06. The smallest absolute Gasteiger partial charge is 0.0543 e. The van der Waals surface area contributed by atoms with E-state index in [1.807, 2.05) is 43.4 Å². The number of halogens is 1. The van der Waals surface area contributed by atoms with Crippen molar-refractivity contribution in [2.45, 2.75) is 13.1 Å². The van der Waals surface area contributed by atoms with E-state index in [4.69, 9.17) is 17.3 Å². The molecule has 0 amide bonds. The van der Waals surface area contributed by atoms with Gasteiger partial charge in [0.1, 0.15) is 0 Å². The van der Waals surface area contributed by atoms with Crippen LogP contribution in [0, 0.1) is 0 Å². The second kappa shape index (κ2) is 5.85. The molecular formula is C14H16ClN3. The van der Waals surface area contributed by atoms with Gasteiger partial charge in [0.05, 0.1) is 5.69 Å². The van der Waals surface area contributed by atoms with Crippen LogP contribution in [0.3, 0.4) is 0 Å². The summed E-state index contributed by atoms with van der Waals surface area (Å²) in [7, 11) is 2.03. The van der Waals surface area contributed by atoms with E-state index in [1.165, 1.54) is 0 Å². The maximum atomic E-state index is 6.15. The molecule has 0 unspecified atom stereocenters. The minimum Gasteiger partial charge on any atom is -0.398 e. The fraction of sp³-hybridized carbons (Fsp3) is 0.214. The van der Waals surface area contributed by atoms with Gasteiger partial charge in [-0.3, -0.25) is 9.88 Å². The van der Waals surface area contributed by atoms with E-state index < -0.39 is 0 Å². The van der Waals surface area contributed by atoms with Crippen LogP contribution in [-0.4, -0.2) is 16.9 Å². The van der Waals surface area contributed by atoms with E-state index in [0.717, 1.165) is 23.5 Å². The van der Waals surface area contributed by atoms with Gasteiger partial charge in [-0.15, -0.1) is 0 Å². The van der Waals surface area contributed by atoms with Gasteiger partial charge in [0.25, 0.3) is 0 Å². The Morgan fingerprint density at radius 1 is 1.17 bits per heavy atom. The zero-order valence-electron chi connectivity index (χ0n) is 10.3. The topological polar surface area (TPSA) is 42.2 Å². The van der Waals surface area contributed by atoms with Gasteiger partial charge in [-0.05, 0) is 31.3 Å². The van der Waals surface area contributed by atoms with Crippen molar-refractivity contribution < 1.29 is 0 Å². The summed E-state index contributed by atoms with van der Waals surface area (Å²) < 4.78 is 0. The Morgan fingerprint density at radius 2 is 2.00 bits per heavy atom. The molecule has 0 aliphatic carbocycles. The maximum Gasteiger partial charge on any atom is 0.0543 e. The molecule has 0 radical (unpaired) electrons. The number of nitrogens with zero attached hydrogens (tertiary/aromatic N) is 2. The number of hydrogen-bond donors (Lipinski definition) is 1. The van der Waals surface area contributed by atoms with Crippen LogP contribution in [0.1, 0.15) is 11.3 Å². The Bertz CT molecular complexity index is 493. The second-order valence-corrected chi connectivity index (χ2v) is 4.71. The van der Waals surface area contributed by atoms with Gasteiger partial charge < -0.3 is 5.73 Å². The normalized spacial score (nSPS) is 10.8. The van der Waals surface area contributed by atoms with Crippen LogP contribution in [0.5, 0.6) is 0 Å². The van der Waals surface area contributed by atoms with Gasteiger partial charge in [0.2, 0.25) is 0 Å². The number of rotatable bonds is 4. The summed E-state index contributed by atoms with van der Waals surface area (Å²) in [6, 6.07) is 11.5. The molecule has 1 aromatic carbocycles. The molecular weight excluding hydrogens is 246 g/mol. The number of aromatic nitrogens is 1. The molecule has 2 aromatic rings. The quantitative estimate of drug-likeness (QED) is 0.861. The lowest BCUT2D eigenvalue weighted by atomic mass is 10.1. The molecule has 1 heterocycles. The van der Waals surface area contributed by atoms with Crippen molar-refractivity contribution in [3.63, 3.8) is 0 Å². The van der Waals surface area contributed by atoms with Gasteiger partial charge in [0, 0.05) is 35.6 Å². The molecule has 0 aliphatic heterocycles. The van der Waals surface area contributed by atoms with Gasteiger partial charge in [-0.2, -0.15) is 0 Å². The third-order valence-corrected chi connectivity index (χ3v) is 3.10. The van der Waals surface area contributed by atoms with E-state index in [2.05, 4.69) is 9.88 Å². The third kappa shape index (κ3) is 3.22. The van der Waals surface area contributed by atoms with Crippen molar-refractivity contribution in [3.8, 4) is 0 Å². The molecule has 94 valence electrons. The standard InChI is InChI=1S/C14H16ClN3/c1-18(9-11-5-2-3-8-17-11)10-12-13(15)6-4-7-14(12)16/h2-8H,9-10,16H2,1H3. The van der Waals surface area contributed by atoms with Crippen LogP contribution < -0.4 is 5.73 Å². The summed E-state index contributed by atoms with van der Waals surface area (Å²) in [5, 5.41) is 0.711. The third-order valence-electron chi connectivity index (χ3n) is 2.74. The molecule has 0 aliphatic rings. The molecule has 0 atom stereocenters. The van der Waals surface area contributed by atoms with E-state index in [9.17, 15) is 0 Å². The highest BCUT2D eigenvalue weighted by Crippen LogP contribution is 2.23. The molecule has 1 aromatic heterocycles. The van der Waals surface area contributed by atoms with Crippen molar-refractivity contribution in [2.75, 3.05) is 12.8 Å². The van der Waals surface area contributed by atoms with E-state index in [-0.39, 0.29) is 0 Å². The minimum absolute atomic E-state index is 0.710. The van der Waals surface area contributed by atoms with Crippen molar-refractivity contribution in [1.82, 2.24) is 9.88 Å². The van der Waals surface area contributed by atoms with E-state index in [0.29, 0.717) is 11.6 Å². The Labute approximate surface area is 112 Å². The lowest BCUT2D eigenvalue weighted by Gasteiger charge is -2.18. The van der Waals surface area contributed by atoms with Crippen LogP contribution in [-0.2, 0) is 13.1 Å². The van der Waals surface area contributed by atoms with E-state index in [1.54, 1.807) is 6.20 Å². The number of nitrogens with two attached hydrogens (primary N) is 1. The molecule has 18 heavy (non-hydrogen) atoms. The van der Waals surface area contributed by atoms with E-state index >= 15 is 0 Å². The highest BCUT2D eigenvalue weighted by atomic mass is 35.5. The van der Waals surface area contributed by atoms with Crippen LogP contribution >= 0.6 is 11.6 Å². The lowest BCUT2D eigenvalue weighted by Crippen LogP contribution is -2.19. The first-order chi connectivity index (χ1) is 8.66. The summed E-state index contributed by atoms with van der Waals surface area (Å²) >= 11 is 6.15. The van der Waals surface area contributed by atoms with Gasteiger partial charge in [-0.25, -0.2) is 0 Å². The van der Waals surface area contributed by atoms with Crippen LogP contribution in [0.2, 0.25) is 5.02 Å². The molecule has 2 N–H and O–H groups in total. The Hall–Kier alpha value is -1.58. The Morgan fingerprint density at radius 3 is 2.67 bits per heavy atom. The zero-order valence-corrected chi connectivity index (χ0v) is 11.1. The number of hydrogen-bond acceptors (Lipinski definition) is 3. The summed E-state index contributed by atoms with van der Waals surface area (Å²) in [5.74, 6) is 0. The zero-order chi connectivity index (χ0) is 13.0. The SMILES string of the molecule is CN(Cc1ccccn1)Cc1c(N)cccc1Cl. The first-order valence-electron chi connectivity index (χ1n) is 5.78. The highest BCUT2D eigenvalue weighted by molar-refractivity contribution is 6.31. The summed E-state index contributed by atoms with van der Waals surface area (Å²) in [4.78, 5) is 6.44. The van der Waals surface area contributed by atoms with Crippen molar-refractivity contribution >= 4 is 17.3 Å². The molecule has 0 spiro atoms. The highest BCUT2D eigenvalue weighted by Gasteiger charge is 2.08. The van der Waals surface area contributed by atoms with Gasteiger partial charge in [-0.1, -0.05) is 23.7 Å². The molecule has 2 rings (SSSR count). The largest absolute Gasteiger partial charge is 0.398 e. The van der Waals surface area contributed by atoms with Crippen LogP contribution in [0.25, 0.3) is 0 Å². The van der Waals surface area contributed by atoms with Gasteiger partial charge >= 0.3 is 0 Å². The molecule has 0 saturated heterocycles. The number of pyridine rings is 1. The first-order valence-corrected chi connectivity index (χ1v) is 6.16. The summed E-state index contributed by atoms with van der Waals surface area (Å²) in [5.41, 5.74) is 8.67. The predicted octanol–water partition coefficient (Wildman–Crippen LogP) is 2.95.